The van der Waals surface area contributed by atoms with Crippen molar-refractivity contribution in [1.82, 2.24) is 14.7 Å². The van der Waals surface area contributed by atoms with E-state index < -0.39 is 22.9 Å². The molecule has 0 bridgehead atoms. The van der Waals surface area contributed by atoms with Gasteiger partial charge in [0, 0.05) is 43.3 Å². The highest BCUT2D eigenvalue weighted by atomic mass is 35.5. The van der Waals surface area contributed by atoms with Crippen molar-refractivity contribution in [1.29, 1.82) is 0 Å². The van der Waals surface area contributed by atoms with Gasteiger partial charge in [0.25, 0.3) is 17.1 Å². The first-order valence-electron chi connectivity index (χ1n) is 12.8. The van der Waals surface area contributed by atoms with E-state index in [2.05, 4.69) is 4.90 Å². The standard InChI is InChI=1S/C30H25ClF3N3O3S/c31-25-10-6-20(7-11-25)18-35-12-14-36(15-13-35)27(38)23-3-1-2-22(16-23)17-26-28(39)37(29(40)41-26)19-21-4-8-24(9-5-21)30(32,33)34/h1-11,16-17H,12-15,18-19H2/b26-17-. The lowest BCUT2D eigenvalue weighted by atomic mass is 10.1. The van der Waals surface area contributed by atoms with Crippen LogP contribution in [0, 0.1) is 0 Å². The molecule has 6 nitrogen and oxygen atoms in total. The highest BCUT2D eigenvalue weighted by Crippen LogP contribution is 2.34. The first kappa shape index (κ1) is 28.9. The van der Waals surface area contributed by atoms with Crippen molar-refractivity contribution in [2.45, 2.75) is 19.3 Å². The van der Waals surface area contributed by atoms with E-state index in [-0.39, 0.29) is 17.4 Å². The quantitative estimate of drug-likeness (QED) is 0.301. The lowest BCUT2D eigenvalue weighted by Crippen LogP contribution is -2.48. The molecule has 0 aliphatic carbocycles. The molecule has 11 heteroatoms. The molecule has 41 heavy (non-hydrogen) atoms. The Morgan fingerprint density at radius 1 is 0.878 bits per heavy atom. The minimum Gasteiger partial charge on any atom is -0.336 e. The van der Waals surface area contributed by atoms with Gasteiger partial charge in [0.1, 0.15) is 0 Å². The van der Waals surface area contributed by atoms with Crippen LogP contribution in [0.2, 0.25) is 5.02 Å². The Balaban J connectivity index is 1.20. The highest BCUT2D eigenvalue weighted by Gasteiger charge is 2.35. The number of amides is 3. The fraction of sp³-hybridized carbons (Fsp3) is 0.233. The molecule has 3 aromatic rings. The van der Waals surface area contributed by atoms with Gasteiger partial charge in [0.15, 0.2) is 0 Å². The summed E-state index contributed by atoms with van der Waals surface area (Å²) in [5, 5.41) is 0.185. The van der Waals surface area contributed by atoms with Crippen LogP contribution in [-0.2, 0) is 24.1 Å². The lowest BCUT2D eigenvalue weighted by Gasteiger charge is -2.34. The van der Waals surface area contributed by atoms with Crippen molar-refractivity contribution in [3.8, 4) is 0 Å². The van der Waals surface area contributed by atoms with E-state index in [1.165, 1.54) is 12.1 Å². The number of hydrogen-bond donors (Lipinski definition) is 0. The van der Waals surface area contributed by atoms with E-state index >= 15 is 0 Å². The Labute approximate surface area is 244 Å². The van der Waals surface area contributed by atoms with Gasteiger partial charge in [-0.15, -0.1) is 0 Å². The number of piperazine rings is 1. The van der Waals surface area contributed by atoms with Gasteiger partial charge in [-0.1, -0.05) is 48.0 Å². The summed E-state index contributed by atoms with van der Waals surface area (Å²) >= 11 is 6.72. The van der Waals surface area contributed by atoms with Crippen LogP contribution < -0.4 is 0 Å². The van der Waals surface area contributed by atoms with Crippen LogP contribution in [0.3, 0.4) is 0 Å². The average molecular weight is 600 g/mol. The Morgan fingerprint density at radius 3 is 2.17 bits per heavy atom. The maximum absolute atomic E-state index is 13.2. The SMILES string of the molecule is O=C(c1cccc(/C=C2\SC(=O)N(Cc3ccc(C(F)(F)F)cc3)C2=O)c1)N1CCN(Cc2ccc(Cl)cc2)CC1. The third-order valence-corrected chi connectivity index (χ3v) is 8.07. The molecule has 3 aromatic carbocycles. The maximum atomic E-state index is 13.2. The Hall–Kier alpha value is -3.60. The first-order valence-corrected chi connectivity index (χ1v) is 14.0. The van der Waals surface area contributed by atoms with Gasteiger partial charge < -0.3 is 4.90 Å². The van der Waals surface area contributed by atoms with Gasteiger partial charge in [-0.05, 0) is 70.9 Å². The molecule has 0 atom stereocenters. The second kappa shape index (κ2) is 12.1. The summed E-state index contributed by atoms with van der Waals surface area (Å²) in [7, 11) is 0. The number of halogens is 4. The number of benzene rings is 3. The van der Waals surface area contributed by atoms with Gasteiger partial charge >= 0.3 is 6.18 Å². The van der Waals surface area contributed by atoms with Crippen LogP contribution in [0.15, 0.2) is 77.7 Å². The number of nitrogens with zero attached hydrogens (tertiary/aromatic N) is 3. The molecule has 2 heterocycles. The molecule has 2 fully saturated rings. The van der Waals surface area contributed by atoms with Gasteiger partial charge in [0.2, 0.25) is 0 Å². The van der Waals surface area contributed by atoms with Crippen LogP contribution in [0.25, 0.3) is 6.08 Å². The van der Waals surface area contributed by atoms with Crippen molar-refractivity contribution >= 4 is 46.5 Å². The summed E-state index contributed by atoms with van der Waals surface area (Å²) in [6, 6.07) is 18.9. The third-order valence-electron chi connectivity index (χ3n) is 6.91. The molecule has 2 aliphatic heterocycles. The zero-order valence-electron chi connectivity index (χ0n) is 21.7. The highest BCUT2D eigenvalue weighted by molar-refractivity contribution is 8.18. The van der Waals surface area contributed by atoms with Crippen molar-refractivity contribution in [3.05, 3.63) is 111 Å². The fourth-order valence-corrected chi connectivity index (χ4v) is 5.63. The average Bonchev–Trinajstić information content (AvgIpc) is 3.21. The monoisotopic (exact) mass is 599 g/mol. The van der Waals surface area contributed by atoms with Crippen LogP contribution in [-0.4, -0.2) is 57.9 Å². The van der Waals surface area contributed by atoms with E-state index in [1.54, 1.807) is 35.2 Å². The minimum absolute atomic E-state index is 0.109. The summed E-state index contributed by atoms with van der Waals surface area (Å²) in [6.07, 6.45) is -2.91. The van der Waals surface area contributed by atoms with Gasteiger partial charge in [-0.3, -0.25) is 24.2 Å². The van der Waals surface area contributed by atoms with Gasteiger partial charge in [-0.25, -0.2) is 0 Å². The summed E-state index contributed by atoms with van der Waals surface area (Å²) in [6.45, 7) is 3.28. The summed E-state index contributed by atoms with van der Waals surface area (Å²) in [4.78, 5) is 44.0. The number of hydrogen-bond acceptors (Lipinski definition) is 5. The molecule has 0 N–H and O–H groups in total. The Bertz CT molecular complexity index is 1490. The number of carbonyl (C=O) groups is 3. The normalized spacial score (nSPS) is 17.5. The van der Waals surface area contributed by atoms with Crippen molar-refractivity contribution < 1.29 is 27.6 Å². The van der Waals surface area contributed by atoms with Crippen LogP contribution in [0.4, 0.5) is 18.0 Å². The fourth-order valence-electron chi connectivity index (χ4n) is 4.67. The molecule has 3 amide bonds. The molecule has 0 saturated carbocycles. The molecular weight excluding hydrogens is 575 g/mol. The predicted molar refractivity (Wildman–Crippen MR) is 152 cm³/mol. The molecular formula is C30H25ClF3N3O3S. The summed E-state index contributed by atoms with van der Waals surface area (Å²) in [5.74, 6) is -0.643. The topological polar surface area (TPSA) is 60.9 Å². The molecule has 212 valence electrons. The third kappa shape index (κ3) is 7.01. The van der Waals surface area contributed by atoms with Crippen LogP contribution in [0.5, 0.6) is 0 Å². The molecule has 0 unspecified atom stereocenters. The predicted octanol–water partition coefficient (Wildman–Crippen LogP) is 6.55. The second-order valence-electron chi connectivity index (χ2n) is 9.78. The zero-order chi connectivity index (χ0) is 29.1. The Kier molecular flexibility index (Phi) is 8.53. The number of imide groups is 1. The van der Waals surface area contributed by atoms with E-state index in [9.17, 15) is 27.6 Å². The van der Waals surface area contributed by atoms with Gasteiger partial charge in [-0.2, -0.15) is 13.2 Å². The number of alkyl halides is 3. The van der Waals surface area contributed by atoms with Crippen LogP contribution in [0.1, 0.15) is 32.6 Å². The molecule has 5 rings (SSSR count). The van der Waals surface area contributed by atoms with Crippen molar-refractivity contribution in [2.24, 2.45) is 0 Å². The van der Waals surface area contributed by atoms with Crippen molar-refractivity contribution in [3.63, 3.8) is 0 Å². The molecule has 0 aromatic heterocycles. The smallest absolute Gasteiger partial charge is 0.336 e. The number of rotatable bonds is 6. The van der Waals surface area contributed by atoms with E-state index in [0.29, 0.717) is 34.8 Å². The first-order chi connectivity index (χ1) is 19.6. The largest absolute Gasteiger partial charge is 0.416 e. The molecule has 0 spiro atoms. The number of thioether (sulfide) groups is 1. The summed E-state index contributed by atoms with van der Waals surface area (Å²) < 4.78 is 38.5. The maximum Gasteiger partial charge on any atom is 0.416 e. The minimum atomic E-state index is -4.47. The number of carbonyl (C=O) groups excluding carboxylic acids is 3. The van der Waals surface area contributed by atoms with Crippen LogP contribution >= 0.6 is 23.4 Å². The Morgan fingerprint density at radius 2 is 1.51 bits per heavy atom. The van der Waals surface area contributed by atoms with E-state index in [4.69, 9.17) is 11.6 Å². The molecule has 0 radical (unpaired) electrons. The summed E-state index contributed by atoms with van der Waals surface area (Å²) in [5.41, 5.74) is 1.84. The lowest BCUT2D eigenvalue weighted by molar-refractivity contribution is -0.137. The van der Waals surface area contributed by atoms with Crippen molar-refractivity contribution in [2.75, 3.05) is 26.2 Å². The van der Waals surface area contributed by atoms with Gasteiger partial charge in [0.05, 0.1) is 17.0 Å². The van der Waals surface area contributed by atoms with E-state index in [1.807, 2.05) is 24.3 Å². The van der Waals surface area contributed by atoms with E-state index in [0.717, 1.165) is 54.0 Å². The molecule has 2 saturated heterocycles. The molecule has 2 aliphatic rings. The second-order valence-corrected chi connectivity index (χ2v) is 11.2. The zero-order valence-corrected chi connectivity index (χ0v) is 23.3.